The first-order valence-corrected chi connectivity index (χ1v) is 10.7. The molecule has 0 bridgehead atoms. The van der Waals surface area contributed by atoms with Gasteiger partial charge < -0.3 is 20.7 Å². The van der Waals surface area contributed by atoms with E-state index in [4.69, 9.17) is 10.7 Å². The highest BCUT2D eigenvalue weighted by Gasteiger charge is 2.36. The van der Waals surface area contributed by atoms with Crippen molar-refractivity contribution in [1.82, 2.24) is 15.0 Å². The number of nitrogens with two attached hydrogens (primary N) is 1. The van der Waals surface area contributed by atoms with Crippen LogP contribution in [-0.4, -0.2) is 45.3 Å². The number of aromatic amines is 1. The van der Waals surface area contributed by atoms with Gasteiger partial charge in [0.25, 0.3) is 0 Å². The second kappa shape index (κ2) is 7.96. The van der Waals surface area contributed by atoms with Gasteiger partial charge in [-0.3, -0.25) is 4.98 Å². The van der Waals surface area contributed by atoms with Gasteiger partial charge in [0.2, 0.25) is 0 Å². The Morgan fingerprint density at radius 3 is 2.82 bits per heavy atom. The van der Waals surface area contributed by atoms with E-state index in [1.807, 2.05) is 31.2 Å². The number of aliphatic hydroxyl groups is 1. The van der Waals surface area contributed by atoms with Crippen LogP contribution in [0.25, 0.3) is 33.5 Å². The van der Waals surface area contributed by atoms with E-state index < -0.39 is 11.4 Å². The fourth-order valence-electron chi connectivity index (χ4n) is 4.51. The molecule has 5 rings (SSSR count). The summed E-state index contributed by atoms with van der Waals surface area (Å²) in [5.41, 5.74) is 11.4. The number of aliphatic hydroxyl groups excluding tert-OH is 1. The molecule has 1 aliphatic heterocycles. The molecule has 1 aliphatic rings. The molecule has 4 N–H and O–H groups in total. The summed E-state index contributed by atoms with van der Waals surface area (Å²) in [5.74, 6) is 0.142. The number of nitrogens with zero attached hydrogens (tertiary/aromatic N) is 4. The number of para-hydroxylation sites is 1. The number of hydrogen-bond acceptors (Lipinski definition) is 6. The summed E-state index contributed by atoms with van der Waals surface area (Å²) in [4.78, 5) is 14.7. The van der Waals surface area contributed by atoms with Crippen LogP contribution in [0.1, 0.15) is 17.5 Å². The molecule has 7 nitrogen and oxygen atoms in total. The Kier molecular flexibility index (Phi) is 5.08. The Morgan fingerprint density at radius 2 is 2.09 bits per heavy atom. The summed E-state index contributed by atoms with van der Waals surface area (Å²) in [5, 5.41) is 19.2. The molecule has 2 aromatic carbocycles. The molecule has 4 aromatic rings. The molecule has 0 aliphatic carbocycles. The van der Waals surface area contributed by atoms with Crippen molar-refractivity contribution in [3.8, 4) is 28.6 Å². The highest BCUT2D eigenvalue weighted by atomic mass is 19.1. The number of H-pyrrole nitrogens is 1. The number of imidazole rings is 1. The number of nitriles is 1. The maximum absolute atomic E-state index is 14.3. The maximum atomic E-state index is 14.3. The zero-order valence-corrected chi connectivity index (χ0v) is 18.1. The average Bonchev–Trinajstić information content (AvgIpc) is 3.43. The fourth-order valence-corrected chi connectivity index (χ4v) is 4.51. The van der Waals surface area contributed by atoms with E-state index in [9.17, 15) is 14.8 Å². The maximum Gasteiger partial charge on any atom is 0.142 e. The van der Waals surface area contributed by atoms with E-state index in [0.29, 0.717) is 36.5 Å². The summed E-state index contributed by atoms with van der Waals surface area (Å²) in [6, 6.07) is 12.2. The molecule has 33 heavy (non-hydrogen) atoms. The summed E-state index contributed by atoms with van der Waals surface area (Å²) in [6.07, 6.45) is 4.00. The third-order valence-corrected chi connectivity index (χ3v) is 6.24. The van der Waals surface area contributed by atoms with Gasteiger partial charge >= 0.3 is 0 Å². The van der Waals surface area contributed by atoms with Crippen LogP contribution in [0, 0.1) is 24.1 Å². The number of pyridine rings is 1. The van der Waals surface area contributed by atoms with E-state index in [2.05, 4.69) is 14.9 Å². The van der Waals surface area contributed by atoms with Crippen molar-refractivity contribution in [1.29, 1.82) is 5.26 Å². The average molecular weight is 442 g/mol. The van der Waals surface area contributed by atoms with Gasteiger partial charge in [0.1, 0.15) is 11.6 Å². The number of rotatable bonds is 4. The van der Waals surface area contributed by atoms with Crippen molar-refractivity contribution in [2.75, 3.05) is 24.6 Å². The SMILES string of the molecule is Cc1cccc2[nH]c(-c3cncc(-c4cc(F)cc(C#N)c4)c3N3CC[C@](N)(CO)C3)nc12. The second-order valence-corrected chi connectivity index (χ2v) is 8.67. The standard InChI is InChI=1S/C25H23FN6O/c1-15-3-2-4-21-22(15)31-24(30-21)20-12-29-11-19(17-7-16(10-27)8-18(26)9-17)23(20)32-6-5-25(28,13-32)14-33/h2-4,7-9,11-12,33H,5-6,13-14,28H2,1H3,(H,30,31)/t25-/m1/s1. The monoisotopic (exact) mass is 442 g/mol. The predicted octanol–water partition coefficient (Wildman–Crippen LogP) is 3.51. The van der Waals surface area contributed by atoms with Crippen molar-refractivity contribution < 1.29 is 9.50 Å². The first-order chi connectivity index (χ1) is 15.9. The number of halogens is 1. The third kappa shape index (κ3) is 3.71. The fraction of sp³-hybridized carbons (Fsp3) is 0.240. The molecule has 1 fully saturated rings. The number of nitrogens with one attached hydrogen (secondary N) is 1. The van der Waals surface area contributed by atoms with Gasteiger partial charge in [-0.15, -0.1) is 0 Å². The van der Waals surface area contributed by atoms with Crippen LogP contribution in [0.5, 0.6) is 0 Å². The topological polar surface area (TPSA) is 115 Å². The van der Waals surface area contributed by atoms with Gasteiger partial charge in [-0.05, 0) is 48.7 Å². The van der Waals surface area contributed by atoms with Crippen LogP contribution in [0.4, 0.5) is 10.1 Å². The van der Waals surface area contributed by atoms with Crippen LogP contribution in [0.2, 0.25) is 0 Å². The molecule has 0 saturated carbocycles. The van der Waals surface area contributed by atoms with Crippen LogP contribution < -0.4 is 10.6 Å². The highest BCUT2D eigenvalue weighted by Crippen LogP contribution is 2.41. The highest BCUT2D eigenvalue weighted by molar-refractivity contribution is 5.91. The molecular formula is C25H23FN6O. The second-order valence-electron chi connectivity index (χ2n) is 8.67. The Bertz CT molecular complexity index is 1410. The lowest BCUT2D eigenvalue weighted by atomic mass is 9.99. The van der Waals surface area contributed by atoms with Crippen LogP contribution in [0.3, 0.4) is 0 Å². The van der Waals surface area contributed by atoms with E-state index in [1.165, 1.54) is 12.1 Å². The number of fused-ring (bicyclic) bond motifs is 1. The van der Waals surface area contributed by atoms with Gasteiger partial charge in [0.15, 0.2) is 0 Å². The first kappa shape index (κ1) is 21.1. The largest absolute Gasteiger partial charge is 0.394 e. The molecular weight excluding hydrogens is 419 g/mol. The summed E-state index contributed by atoms with van der Waals surface area (Å²) < 4.78 is 14.3. The molecule has 0 radical (unpaired) electrons. The van der Waals surface area contributed by atoms with Crippen molar-refractivity contribution in [2.24, 2.45) is 5.73 Å². The van der Waals surface area contributed by atoms with Crippen molar-refractivity contribution in [3.63, 3.8) is 0 Å². The number of aryl methyl sites for hydroxylation is 1. The zero-order chi connectivity index (χ0) is 23.2. The molecule has 1 saturated heterocycles. The van der Waals surface area contributed by atoms with Gasteiger partial charge in [0, 0.05) is 31.0 Å². The van der Waals surface area contributed by atoms with Crippen LogP contribution in [0.15, 0.2) is 48.8 Å². The Hall–Kier alpha value is -3.80. The van der Waals surface area contributed by atoms with Gasteiger partial charge in [0.05, 0.1) is 46.1 Å². The molecule has 2 aromatic heterocycles. The van der Waals surface area contributed by atoms with Gasteiger partial charge in [-0.25, -0.2) is 9.37 Å². The van der Waals surface area contributed by atoms with Crippen molar-refractivity contribution in [3.05, 3.63) is 65.7 Å². The van der Waals surface area contributed by atoms with Gasteiger partial charge in [-0.1, -0.05) is 12.1 Å². The number of aromatic nitrogens is 3. The quantitative estimate of drug-likeness (QED) is 0.446. The van der Waals surface area contributed by atoms with E-state index >= 15 is 0 Å². The number of anilines is 1. The van der Waals surface area contributed by atoms with Gasteiger partial charge in [-0.2, -0.15) is 5.26 Å². The molecule has 8 heteroatoms. The predicted molar refractivity (Wildman–Crippen MR) is 125 cm³/mol. The minimum absolute atomic E-state index is 0.137. The van der Waals surface area contributed by atoms with Crippen LogP contribution in [-0.2, 0) is 0 Å². The van der Waals surface area contributed by atoms with E-state index in [-0.39, 0.29) is 12.2 Å². The Balaban J connectivity index is 1.75. The summed E-state index contributed by atoms with van der Waals surface area (Å²) >= 11 is 0. The van der Waals surface area contributed by atoms with Crippen molar-refractivity contribution >= 4 is 16.7 Å². The molecule has 3 heterocycles. The minimum Gasteiger partial charge on any atom is -0.394 e. The first-order valence-electron chi connectivity index (χ1n) is 10.7. The summed E-state index contributed by atoms with van der Waals surface area (Å²) in [7, 11) is 0. The molecule has 0 unspecified atom stereocenters. The number of benzene rings is 2. The van der Waals surface area contributed by atoms with Crippen LogP contribution >= 0.6 is 0 Å². The normalized spacial score (nSPS) is 18.1. The lowest BCUT2D eigenvalue weighted by Gasteiger charge is -2.27. The Morgan fingerprint density at radius 1 is 1.27 bits per heavy atom. The summed E-state index contributed by atoms with van der Waals surface area (Å²) in [6.45, 7) is 2.90. The lowest BCUT2D eigenvalue weighted by molar-refractivity contribution is 0.210. The molecule has 0 spiro atoms. The third-order valence-electron chi connectivity index (χ3n) is 6.24. The Labute approximate surface area is 190 Å². The van der Waals surface area contributed by atoms with Crippen molar-refractivity contribution in [2.45, 2.75) is 18.9 Å². The minimum atomic E-state index is -0.734. The molecule has 0 amide bonds. The van der Waals surface area contributed by atoms with E-state index in [0.717, 1.165) is 27.8 Å². The smallest absolute Gasteiger partial charge is 0.142 e. The number of hydrogen-bond donors (Lipinski definition) is 3. The zero-order valence-electron chi connectivity index (χ0n) is 18.1. The van der Waals surface area contributed by atoms with E-state index in [1.54, 1.807) is 18.5 Å². The lowest BCUT2D eigenvalue weighted by Crippen LogP contribution is -2.46. The molecule has 166 valence electrons. The molecule has 1 atom stereocenters.